The lowest BCUT2D eigenvalue weighted by molar-refractivity contribution is -0.137. The first kappa shape index (κ1) is 27.3. The van der Waals surface area contributed by atoms with Crippen LogP contribution >= 0.6 is 0 Å². The largest absolute Gasteiger partial charge is 0.496 e. The van der Waals surface area contributed by atoms with Gasteiger partial charge in [0, 0.05) is 22.7 Å². The second kappa shape index (κ2) is 10.7. The maximum atomic E-state index is 14.1. The number of para-hydroxylation sites is 2. The van der Waals surface area contributed by atoms with E-state index in [1.54, 1.807) is 54.7 Å². The van der Waals surface area contributed by atoms with E-state index in [1.165, 1.54) is 11.7 Å². The Hall–Kier alpha value is -5.32. The van der Waals surface area contributed by atoms with E-state index in [-0.39, 0.29) is 34.6 Å². The molecule has 0 spiro atoms. The van der Waals surface area contributed by atoms with Gasteiger partial charge < -0.3 is 15.6 Å². The summed E-state index contributed by atoms with van der Waals surface area (Å²) in [7, 11) is 1.49. The smallest absolute Gasteiger partial charge is 0.333 e. The summed E-state index contributed by atoms with van der Waals surface area (Å²) in [6, 6.07) is 15.9. The number of carboxylic acids is 1. The molecule has 0 fully saturated rings. The van der Waals surface area contributed by atoms with Gasteiger partial charge in [0.25, 0.3) is 11.5 Å². The fourth-order valence-electron chi connectivity index (χ4n) is 5.12. The highest BCUT2D eigenvalue weighted by Gasteiger charge is 2.29. The van der Waals surface area contributed by atoms with Crippen molar-refractivity contribution in [3.63, 3.8) is 0 Å². The van der Waals surface area contributed by atoms with Crippen molar-refractivity contribution in [1.29, 1.82) is 0 Å². The molecule has 208 valence electrons. The molecule has 0 saturated carbocycles. The maximum absolute atomic E-state index is 14.1. The monoisotopic (exact) mass is 553 g/mol. The summed E-state index contributed by atoms with van der Waals surface area (Å²) in [6.07, 6.45) is 1.55. The predicted octanol–water partition coefficient (Wildman–Crippen LogP) is 3.14. The number of pyridine rings is 2. The lowest BCUT2D eigenvalue weighted by atomic mass is 9.90. The molecule has 3 aromatic heterocycles. The van der Waals surface area contributed by atoms with Crippen LogP contribution in [-0.4, -0.2) is 43.2 Å². The third-order valence-corrected chi connectivity index (χ3v) is 6.91. The number of hydrogen-bond donors (Lipinski definition) is 2. The summed E-state index contributed by atoms with van der Waals surface area (Å²) in [5, 5.41) is 10.1. The fourth-order valence-corrected chi connectivity index (χ4v) is 5.12. The molecule has 1 amide bonds. The topological polar surface area (TPSA) is 159 Å². The number of hydrogen-bond acceptors (Lipinski definition) is 7. The third-order valence-electron chi connectivity index (χ3n) is 6.91. The van der Waals surface area contributed by atoms with E-state index in [1.807, 2.05) is 19.9 Å². The van der Waals surface area contributed by atoms with Gasteiger partial charge in [0.15, 0.2) is 5.65 Å². The molecule has 0 aliphatic rings. The summed E-state index contributed by atoms with van der Waals surface area (Å²) in [4.78, 5) is 61.8. The number of carbonyl (C=O) groups excluding carboxylic acids is 1. The number of amides is 1. The van der Waals surface area contributed by atoms with Crippen molar-refractivity contribution in [2.45, 2.75) is 32.9 Å². The second-order valence-electron chi connectivity index (χ2n) is 9.81. The number of aromatic nitrogens is 4. The number of ether oxygens (including phenoxy) is 1. The van der Waals surface area contributed by atoms with Crippen LogP contribution < -0.4 is 21.7 Å². The number of fused-ring (bicyclic) bond motifs is 2. The van der Waals surface area contributed by atoms with Crippen LogP contribution in [-0.2, 0) is 17.9 Å². The molecule has 3 N–H and O–H groups in total. The molecular weight excluding hydrogens is 526 g/mol. The second-order valence-corrected chi connectivity index (χ2v) is 9.81. The van der Waals surface area contributed by atoms with E-state index in [2.05, 4.69) is 4.98 Å². The Morgan fingerprint density at radius 3 is 2.41 bits per heavy atom. The van der Waals surface area contributed by atoms with Crippen molar-refractivity contribution in [1.82, 2.24) is 19.1 Å². The molecule has 0 radical (unpaired) electrons. The van der Waals surface area contributed by atoms with E-state index in [9.17, 15) is 24.3 Å². The zero-order chi connectivity index (χ0) is 29.4. The molecule has 0 saturated heterocycles. The number of nitrogens with zero attached hydrogens (tertiary/aromatic N) is 4. The third kappa shape index (κ3) is 4.71. The van der Waals surface area contributed by atoms with Crippen molar-refractivity contribution in [3.8, 4) is 16.9 Å². The van der Waals surface area contributed by atoms with Crippen LogP contribution in [0.25, 0.3) is 33.1 Å². The van der Waals surface area contributed by atoms with E-state index >= 15 is 0 Å². The van der Waals surface area contributed by atoms with Crippen LogP contribution in [0.1, 0.15) is 41.4 Å². The lowest BCUT2D eigenvalue weighted by Gasteiger charge is -2.21. The minimum Gasteiger partial charge on any atom is -0.496 e. The van der Waals surface area contributed by atoms with E-state index in [0.29, 0.717) is 38.0 Å². The molecule has 0 aliphatic carbocycles. The quantitative estimate of drug-likeness (QED) is 0.296. The highest BCUT2D eigenvalue weighted by Crippen LogP contribution is 2.37. The molecule has 2 aromatic carbocycles. The van der Waals surface area contributed by atoms with E-state index in [0.717, 1.165) is 0 Å². The summed E-state index contributed by atoms with van der Waals surface area (Å²) in [6.45, 7) is 2.66. The first-order valence-corrected chi connectivity index (χ1v) is 12.8. The number of rotatable bonds is 8. The normalized spacial score (nSPS) is 11.3. The lowest BCUT2D eigenvalue weighted by Crippen LogP contribution is -2.42. The van der Waals surface area contributed by atoms with Crippen molar-refractivity contribution in [2.24, 2.45) is 5.73 Å². The molecule has 5 aromatic rings. The Bertz CT molecular complexity index is 1970. The first-order chi connectivity index (χ1) is 19.6. The van der Waals surface area contributed by atoms with Crippen molar-refractivity contribution in [3.05, 3.63) is 98.5 Å². The average Bonchev–Trinajstić information content (AvgIpc) is 2.96. The molecule has 0 unspecified atom stereocenters. The van der Waals surface area contributed by atoms with Crippen LogP contribution in [0.4, 0.5) is 0 Å². The molecule has 11 nitrogen and oxygen atoms in total. The van der Waals surface area contributed by atoms with Gasteiger partial charge in [-0.25, -0.2) is 14.3 Å². The zero-order valence-electron chi connectivity index (χ0n) is 22.6. The Morgan fingerprint density at radius 1 is 1.02 bits per heavy atom. The van der Waals surface area contributed by atoms with Gasteiger partial charge in [0.1, 0.15) is 12.3 Å². The first-order valence-electron chi connectivity index (χ1n) is 12.8. The predicted molar refractivity (Wildman–Crippen MR) is 153 cm³/mol. The number of nitrogens with two attached hydrogens (primary N) is 1. The van der Waals surface area contributed by atoms with Crippen LogP contribution in [0.5, 0.6) is 5.75 Å². The van der Waals surface area contributed by atoms with Gasteiger partial charge in [-0.3, -0.25) is 23.9 Å². The van der Waals surface area contributed by atoms with Gasteiger partial charge in [-0.05, 0) is 29.7 Å². The number of aliphatic carboxylic acids is 1. The summed E-state index contributed by atoms with van der Waals surface area (Å²) in [5.41, 5.74) is 6.33. The standard InChI is InChI=1S/C30H27N5O6/c1-16(2)26-24(27(31)38)23(19-12-13-32-20-10-6-5-9-18(19)20)25-28(33-26)34(14-17-8-4-7-11-21(17)41-3)30(40)35(29(25)39)15-22(36)37/h4-13,16H,14-15H2,1-3H3,(H2,31,38)(H,36,37). The number of carbonyl (C=O) groups is 2. The van der Waals surface area contributed by atoms with E-state index in [4.69, 9.17) is 15.5 Å². The van der Waals surface area contributed by atoms with Crippen molar-refractivity contribution >= 4 is 33.8 Å². The number of primary amides is 1. The van der Waals surface area contributed by atoms with Gasteiger partial charge in [-0.2, -0.15) is 0 Å². The highest BCUT2D eigenvalue weighted by atomic mass is 16.5. The van der Waals surface area contributed by atoms with Gasteiger partial charge in [0.05, 0.1) is 35.8 Å². The fraction of sp³-hybridized carbons (Fsp3) is 0.200. The Kier molecular flexibility index (Phi) is 7.10. The number of methoxy groups -OCH3 is 1. The van der Waals surface area contributed by atoms with Crippen LogP contribution in [0, 0.1) is 0 Å². The maximum Gasteiger partial charge on any atom is 0.333 e. The molecule has 3 heterocycles. The van der Waals surface area contributed by atoms with Crippen LogP contribution in [0.2, 0.25) is 0 Å². The van der Waals surface area contributed by atoms with Gasteiger partial charge in [-0.1, -0.05) is 50.2 Å². The minimum absolute atomic E-state index is 0.00265. The summed E-state index contributed by atoms with van der Waals surface area (Å²) >= 11 is 0. The number of benzene rings is 2. The van der Waals surface area contributed by atoms with E-state index < -0.39 is 29.7 Å². The van der Waals surface area contributed by atoms with Crippen LogP contribution in [0.3, 0.4) is 0 Å². The van der Waals surface area contributed by atoms with Gasteiger partial charge >= 0.3 is 11.7 Å². The SMILES string of the molecule is COc1ccccc1Cn1c(=O)n(CC(=O)O)c(=O)c2c(-c3ccnc4ccccc34)c(C(N)=O)c(C(C)C)nc21. The Morgan fingerprint density at radius 2 is 1.73 bits per heavy atom. The number of carboxylic acid groups (broad SMARTS) is 1. The van der Waals surface area contributed by atoms with Gasteiger partial charge in [0.2, 0.25) is 0 Å². The van der Waals surface area contributed by atoms with Crippen molar-refractivity contribution < 1.29 is 19.4 Å². The van der Waals surface area contributed by atoms with Gasteiger partial charge in [-0.15, -0.1) is 0 Å². The van der Waals surface area contributed by atoms with Crippen LogP contribution in [0.15, 0.2) is 70.4 Å². The summed E-state index contributed by atoms with van der Waals surface area (Å²) in [5.74, 6) is -2.04. The zero-order valence-corrected chi connectivity index (χ0v) is 22.6. The highest BCUT2D eigenvalue weighted by molar-refractivity contribution is 6.12. The minimum atomic E-state index is -1.38. The molecule has 0 bridgehead atoms. The van der Waals surface area contributed by atoms with Crippen molar-refractivity contribution in [2.75, 3.05) is 7.11 Å². The molecule has 5 rings (SSSR count). The Labute approximate surface area is 233 Å². The molecular formula is C30H27N5O6. The average molecular weight is 554 g/mol. The Balaban J connectivity index is 2.05. The summed E-state index contributed by atoms with van der Waals surface area (Å²) < 4.78 is 7.35. The molecule has 11 heteroatoms. The molecule has 0 aliphatic heterocycles. The molecule has 0 atom stereocenters. The molecule has 41 heavy (non-hydrogen) atoms.